The van der Waals surface area contributed by atoms with Gasteiger partial charge in [0, 0.05) is 13.2 Å². The lowest BCUT2D eigenvalue weighted by molar-refractivity contribution is -0.203. The number of ether oxygens (including phenoxy) is 1. The number of nitrogens with zero attached hydrogens (tertiary/aromatic N) is 4. The first-order valence-electron chi connectivity index (χ1n) is 10.4. The quantitative estimate of drug-likeness (QED) is 0.425. The Kier molecular flexibility index (Phi) is 6.12. The molecule has 0 bridgehead atoms. The molecule has 0 saturated carbocycles. The molecule has 8 nitrogen and oxygen atoms in total. The van der Waals surface area contributed by atoms with Gasteiger partial charge in [-0.15, -0.1) is 0 Å². The summed E-state index contributed by atoms with van der Waals surface area (Å²) in [7, 11) is 1.56. The number of nitriles is 1. The fourth-order valence-electron chi connectivity index (χ4n) is 4.02. The van der Waals surface area contributed by atoms with E-state index in [0.717, 1.165) is 4.57 Å². The first kappa shape index (κ1) is 24.4. The number of hydrogen-bond donors (Lipinski definition) is 3. The van der Waals surface area contributed by atoms with Crippen LogP contribution in [0.2, 0.25) is 5.02 Å². The third kappa shape index (κ3) is 3.94. The third-order valence-electron chi connectivity index (χ3n) is 5.53. The molecule has 182 valence electrons. The minimum atomic E-state index is -4.89. The molecule has 0 spiro atoms. The van der Waals surface area contributed by atoms with Crippen LogP contribution in [0.15, 0.2) is 49.2 Å². The number of pyridine rings is 1. The second kappa shape index (κ2) is 8.79. The highest BCUT2D eigenvalue weighted by Crippen LogP contribution is 2.49. The predicted molar refractivity (Wildman–Crippen MR) is 128 cm³/mol. The highest BCUT2D eigenvalue weighted by Gasteiger charge is 2.63. The number of nitrogens with one attached hydrogen (secondary N) is 3. The van der Waals surface area contributed by atoms with E-state index in [1.54, 1.807) is 19.2 Å². The number of aromatic nitrogens is 3. The second-order valence-electron chi connectivity index (χ2n) is 8.00. The fraction of sp³-hybridized carbons (Fsp3) is 0.261. The molecule has 35 heavy (non-hydrogen) atoms. The Balaban J connectivity index is 1.80. The van der Waals surface area contributed by atoms with Crippen LogP contribution < -0.4 is 16.0 Å². The molecule has 1 aromatic carbocycles. The standard InChI is InChI=1S/C23H21ClF3N7O/c1-12(11-35-4)29-19-7-5-6-17(31-19)13(2)33-22(23(25,26)27)14(3)30-21-32-20-15(10-28)16(24)8-9-18(20)34(21)22/h5-9,12,33H,2-3,11H2,1,4H3,(H,29,31)(H,30,32)/t12-,22?/m0/s1. The molecule has 4 rings (SSSR count). The maximum Gasteiger partial charge on any atom is 0.436 e. The summed E-state index contributed by atoms with van der Waals surface area (Å²) >= 11 is 6.07. The van der Waals surface area contributed by atoms with Crippen molar-refractivity contribution in [2.75, 3.05) is 24.4 Å². The molecular weight excluding hydrogens is 483 g/mol. The smallest absolute Gasteiger partial charge is 0.383 e. The summed E-state index contributed by atoms with van der Waals surface area (Å²) in [5, 5.41) is 17.8. The highest BCUT2D eigenvalue weighted by molar-refractivity contribution is 6.32. The second-order valence-corrected chi connectivity index (χ2v) is 8.40. The van der Waals surface area contributed by atoms with E-state index >= 15 is 0 Å². The van der Waals surface area contributed by atoms with Gasteiger partial charge in [0.15, 0.2) is 0 Å². The van der Waals surface area contributed by atoms with Crippen LogP contribution in [0.4, 0.5) is 24.9 Å². The van der Waals surface area contributed by atoms with Gasteiger partial charge in [-0.2, -0.15) is 18.4 Å². The topological polar surface area (TPSA) is 99.8 Å². The molecule has 3 aromatic rings. The number of benzene rings is 1. The molecule has 0 fully saturated rings. The van der Waals surface area contributed by atoms with Crippen molar-refractivity contribution in [1.82, 2.24) is 19.9 Å². The van der Waals surface area contributed by atoms with E-state index in [1.807, 2.05) is 13.0 Å². The predicted octanol–water partition coefficient (Wildman–Crippen LogP) is 4.82. The molecule has 3 heterocycles. The maximum atomic E-state index is 14.8. The van der Waals surface area contributed by atoms with Gasteiger partial charge >= 0.3 is 6.18 Å². The van der Waals surface area contributed by atoms with E-state index in [4.69, 9.17) is 16.3 Å². The summed E-state index contributed by atoms with van der Waals surface area (Å²) < 4.78 is 50.5. The van der Waals surface area contributed by atoms with Gasteiger partial charge in [-0.05, 0) is 31.2 Å². The largest absolute Gasteiger partial charge is 0.436 e. The lowest BCUT2D eigenvalue weighted by Gasteiger charge is -2.36. The maximum absolute atomic E-state index is 14.8. The Hall–Kier alpha value is -3.75. The summed E-state index contributed by atoms with van der Waals surface area (Å²) in [5.74, 6) is 0.305. The zero-order valence-corrected chi connectivity index (χ0v) is 19.6. The van der Waals surface area contributed by atoms with Crippen molar-refractivity contribution in [3.8, 4) is 6.07 Å². The Morgan fingerprint density at radius 2 is 2.09 bits per heavy atom. The molecule has 0 radical (unpaired) electrons. The van der Waals surface area contributed by atoms with E-state index in [1.165, 1.54) is 18.2 Å². The van der Waals surface area contributed by atoms with Crippen LogP contribution in [0.25, 0.3) is 16.7 Å². The van der Waals surface area contributed by atoms with Crippen molar-refractivity contribution < 1.29 is 17.9 Å². The van der Waals surface area contributed by atoms with Gasteiger partial charge in [-0.25, -0.2) is 9.97 Å². The van der Waals surface area contributed by atoms with Gasteiger partial charge in [0.1, 0.15) is 17.4 Å². The summed E-state index contributed by atoms with van der Waals surface area (Å²) in [6, 6.07) is 9.43. The van der Waals surface area contributed by atoms with Gasteiger partial charge in [-0.1, -0.05) is 30.8 Å². The summed E-state index contributed by atoms with van der Waals surface area (Å²) in [6.07, 6.45) is -4.89. The SMILES string of the molecule is C=C(NC1(C(F)(F)F)C(=C)Nc2nc3c(C#N)c(Cl)ccc3n21)c1cccc(N[C@@H](C)COC)n1. The van der Waals surface area contributed by atoms with Crippen LogP contribution in [0.1, 0.15) is 18.2 Å². The van der Waals surface area contributed by atoms with Crippen LogP contribution in [0, 0.1) is 11.3 Å². The van der Waals surface area contributed by atoms with E-state index in [-0.39, 0.29) is 45.0 Å². The number of rotatable bonds is 7. The Morgan fingerprint density at radius 3 is 2.74 bits per heavy atom. The number of halogens is 4. The Labute approximate surface area is 204 Å². The fourth-order valence-corrected chi connectivity index (χ4v) is 4.21. The first-order chi connectivity index (χ1) is 16.5. The third-order valence-corrected chi connectivity index (χ3v) is 5.85. The number of alkyl halides is 3. The molecule has 2 atom stereocenters. The minimum Gasteiger partial charge on any atom is -0.383 e. The summed E-state index contributed by atoms with van der Waals surface area (Å²) in [6.45, 7) is 9.74. The normalized spacial score (nSPS) is 18.0. The van der Waals surface area contributed by atoms with Crippen LogP contribution in [0.3, 0.4) is 0 Å². The zero-order valence-electron chi connectivity index (χ0n) is 18.8. The summed E-state index contributed by atoms with van der Waals surface area (Å²) in [5.41, 5.74) is -3.13. The lowest BCUT2D eigenvalue weighted by Crippen LogP contribution is -2.56. The molecule has 0 aliphatic carbocycles. The number of fused-ring (bicyclic) bond motifs is 3. The van der Waals surface area contributed by atoms with Gasteiger partial charge in [-0.3, -0.25) is 4.57 Å². The molecule has 0 saturated heterocycles. The van der Waals surface area contributed by atoms with Gasteiger partial charge < -0.3 is 20.7 Å². The lowest BCUT2D eigenvalue weighted by atomic mass is 10.0. The van der Waals surface area contributed by atoms with E-state index in [9.17, 15) is 18.4 Å². The molecule has 0 amide bonds. The van der Waals surface area contributed by atoms with Gasteiger partial charge in [0.25, 0.3) is 5.66 Å². The molecule has 12 heteroatoms. The Morgan fingerprint density at radius 1 is 1.34 bits per heavy atom. The number of hydrogen-bond acceptors (Lipinski definition) is 7. The van der Waals surface area contributed by atoms with Crippen LogP contribution >= 0.6 is 11.6 Å². The number of imidazole rings is 1. The summed E-state index contributed by atoms with van der Waals surface area (Å²) in [4.78, 5) is 8.59. The molecular formula is C23H21ClF3N7O. The molecule has 3 N–H and O–H groups in total. The van der Waals surface area contributed by atoms with Gasteiger partial charge in [0.2, 0.25) is 5.95 Å². The highest BCUT2D eigenvalue weighted by atomic mass is 35.5. The van der Waals surface area contributed by atoms with Crippen molar-refractivity contribution in [3.63, 3.8) is 0 Å². The van der Waals surface area contributed by atoms with Crippen LogP contribution in [0.5, 0.6) is 0 Å². The molecule has 1 aliphatic rings. The average molecular weight is 504 g/mol. The van der Waals surface area contributed by atoms with Crippen molar-refractivity contribution >= 4 is 40.1 Å². The zero-order chi connectivity index (χ0) is 25.5. The van der Waals surface area contributed by atoms with Crippen molar-refractivity contribution in [2.45, 2.75) is 24.8 Å². The Bertz CT molecular complexity index is 1380. The van der Waals surface area contributed by atoms with Crippen molar-refractivity contribution in [2.24, 2.45) is 0 Å². The van der Waals surface area contributed by atoms with Crippen LogP contribution in [-0.2, 0) is 10.4 Å². The van der Waals surface area contributed by atoms with Crippen molar-refractivity contribution in [3.05, 3.63) is 65.5 Å². The molecule has 1 aliphatic heterocycles. The van der Waals surface area contributed by atoms with Gasteiger partial charge in [0.05, 0.1) is 39.8 Å². The van der Waals surface area contributed by atoms with E-state index < -0.39 is 17.5 Å². The van der Waals surface area contributed by atoms with E-state index in [0.29, 0.717) is 12.4 Å². The van der Waals surface area contributed by atoms with Crippen LogP contribution in [-0.4, -0.2) is 40.5 Å². The average Bonchev–Trinajstić information content (AvgIpc) is 3.27. The number of methoxy groups -OCH3 is 1. The monoisotopic (exact) mass is 503 g/mol. The first-order valence-corrected chi connectivity index (χ1v) is 10.8. The van der Waals surface area contributed by atoms with E-state index in [2.05, 4.69) is 39.1 Å². The molecule has 2 aromatic heterocycles. The van der Waals surface area contributed by atoms with Crippen molar-refractivity contribution in [1.29, 1.82) is 5.26 Å². The number of anilines is 2. The molecule has 1 unspecified atom stereocenters. The minimum absolute atomic E-state index is 0.0287.